The zero-order chi connectivity index (χ0) is 29.2. The Labute approximate surface area is 245 Å². The van der Waals surface area contributed by atoms with E-state index in [1.165, 1.54) is 17.2 Å². The van der Waals surface area contributed by atoms with Crippen LogP contribution in [0.3, 0.4) is 0 Å². The van der Waals surface area contributed by atoms with Crippen molar-refractivity contribution in [1.29, 1.82) is 0 Å². The molecule has 0 aliphatic carbocycles. The van der Waals surface area contributed by atoms with E-state index < -0.39 is 5.97 Å². The molecule has 41 heavy (non-hydrogen) atoms. The summed E-state index contributed by atoms with van der Waals surface area (Å²) in [6, 6.07) is 21.1. The first kappa shape index (κ1) is 30.1. The van der Waals surface area contributed by atoms with E-state index in [4.69, 9.17) is 16.3 Å². The van der Waals surface area contributed by atoms with Crippen LogP contribution in [-0.2, 0) is 20.9 Å². The molecule has 0 unspecified atom stereocenters. The molecule has 8 nitrogen and oxygen atoms in total. The number of piperazine rings is 1. The summed E-state index contributed by atoms with van der Waals surface area (Å²) in [7, 11) is 0. The second-order valence-electron chi connectivity index (χ2n) is 10.0. The number of carbonyl (C=O) groups excluding carboxylic acids is 2. The molecule has 0 saturated carbocycles. The van der Waals surface area contributed by atoms with Crippen molar-refractivity contribution in [1.82, 2.24) is 4.90 Å². The van der Waals surface area contributed by atoms with Gasteiger partial charge in [0.05, 0.1) is 23.5 Å². The zero-order valence-electron chi connectivity index (χ0n) is 23.3. The van der Waals surface area contributed by atoms with Gasteiger partial charge in [-0.25, -0.2) is 4.79 Å². The van der Waals surface area contributed by atoms with Crippen LogP contribution in [0, 0.1) is 0 Å². The summed E-state index contributed by atoms with van der Waals surface area (Å²) in [5.41, 5.74) is 4.96. The Balaban J connectivity index is 1.38. The second kappa shape index (κ2) is 14.7. The smallest absolute Gasteiger partial charge is 0.335 e. The van der Waals surface area contributed by atoms with Crippen LogP contribution < -0.4 is 10.2 Å². The minimum atomic E-state index is -1.05. The molecule has 1 fully saturated rings. The van der Waals surface area contributed by atoms with E-state index in [0.717, 1.165) is 44.0 Å². The Morgan fingerprint density at radius 1 is 0.927 bits per heavy atom. The lowest BCUT2D eigenvalue weighted by Gasteiger charge is -2.37. The van der Waals surface area contributed by atoms with Crippen LogP contribution in [-0.4, -0.2) is 60.6 Å². The summed E-state index contributed by atoms with van der Waals surface area (Å²) in [5, 5.41) is 13.1. The van der Waals surface area contributed by atoms with E-state index in [2.05, 4.69) is 33.3 Å². The molecule has 0 spiro atoms. The summed E-state index contributed by atoms with van der Waals surface area (Å²) in [5.74, 6) is -1.53. The maximum absolute atomic E-state index is 12.7. The summed E-state index contributed by atoms with van der Waals surface area (Å²) < 4.78 is 4.93. The average Bonchev–Trinajstić information content (AvgIpc) is 2.97. The summed E-state index contributed by atoms with van der Waals surface area (Å²) >= 11 is 6.09. The van der Waals surface area contributed by atoms with Crippen LogP contribution in [0.25, 0.3) is 11.1 Å². The number of unbranched alkanes of at least 4 members (excludes halogenated alkanes) is 1. The molecule has 0 radical (unpaired) electrons. The number of amides is 1. The molecule has 1 aliphatic heterocycles. The lowest BCUT2D eigenvalue weighted by Crippen LogP contribution is -2.46. The fraction of sp³-hybridized carbons (Fsp3) is 0.344. The van der Waals surface area contributed by atoms with Crippen LogP contribution in [0.2, 0.25) is 5.02 Å². The highest BCUT2D eigenvalue weighted by Gasteiger charge is 2.22. The van der Waals surface area contributed by atoms with Crippen molar-refractivity contribution in [3.05, 3.63) is 82.9 Å². The monoisotopic (exact) mass is 577 g/mol. The maximum Gasteiger partial charge on any atom is 0.335 e. The fourth-order valence-corrected chi connectivity index (χ4v) is 5.13. The minimum Gasteiger partial charge on any atom is -0.478 e. The number of nitrogens with one attached hydrogen (secondary N) is 1. The van der Waals surface area contributed by atoms with E-state index in [1.54, 1.807) is 19.1 Å². The number of hydrogen-bond donors (Lipinski definition) is 2. The van der Waals surface area contributed by atoms with Crippen molar-refractivity contribution in [3.63, 3.8) is 0 Å². The van der Waals surface area contributed by atoms with Gasteiger partial charge in [0.15, 0.2) is 0 Å². The third-order valence-electron chi connectivity index (χ3n) is 7.14. The maximum atomic E-state index is 12.7. The molecule has 0 aromatic heterocycles. The molecule has 1 amide bonds. The quantitative estimate of drug-likeness (QED) is 0.198. The normalized spacial score (nSPS) is 13.6. The molecule has 3 aromatic rings. The standard InChI is InChI=1S/C32H36ClN3O5/c1-2-41-31(38)10-6-5-9-30(37)34-28-21-24(32(39)40)13-16-29(28)36-19-17-35(18-20-36)22-25-7-3-4-8-27(25)23-11-14-26(33)15-12-23/h3-4,7-8,11-16,21H,2,5-6,9-10,17-20,22H2,1H3,(H,34,37)(H,39,40). The SMILES string of the molecule is CCOC(=O)CCCCC(=O)Nc1cc(C(=O)O)ccc1N1CCN(Cc2ccccc2-c2ccc(Cl)cc2)CC1. The summed E-state index contributed by atoms with van der Waals surface area (Å²) in [6.07, 6.45) is 1.60. The van der Waals surface area contributed by atoms with Crippen molar-refractivity contribution >= 4 is 40.8 Å². The van der Waals surface area contributed by atoms with Gasteiger partial charge in [0.2, 0.25) is 5.91 Å². The number of carboxylic acid groups (broad SMARTS) is 1. The predicted octanol–water partition coefficient (Wildman–Crippen LogP) is 6.09. The van der Waals surface area contributed by atoms with Gasteiger partial charge in [-0.3, -0.25) is 14.5 Å². The lowest BCUT2D eigenvalue weighted by atomic mass is 9.99. The number of aromatic carboxylic acids is 1. The second-order valence-corrected chi connectivity index (χ2v) is 10.5. The predicted molar refractivity (Wildman–Crippen MR) is 162 cm³/mol. The number of benzene rings is 3. The van der Waals surface area contributed by atoms with Crippen LogP contribution >= 0.6 is 11.6 Å². The van der Waals surface area contributed by atoms with Gasteiger partial charge in [0.25, 0.3) is 0 Å². The molecule has 0 atom stereocenters. The number of rotatable bonds is 12. The molecule has 2 N–H and O–H groups in total. The van der Waals surface area contributed by atoms with Crippen LogP contribution in [0.4, 0.5) is 11.4 Å². The van der Waals surface area contributed by atoms with Crippen LogP contribution in [0.15, 0.2) is 66.7 Å². The Hall–Kier alpha value is -3.88. The highest BCUT2D eigenvalue weighted by atomic mass is 35.5. The summed E-state index contributed by atoms with van der Waals surface area (Å²) in [6.45, 7) is 6.01. The van der Waals surface area contributed by atoms with Gasteiger partial charge in [0.1, 0.15) is 0 Å². The largest absolute Gasteiger partial charge is 0.478 e. The first-order chi connectivity index (χ1) is 19.8. The van der Waals surface area contributed by atoms with Crippen LogP contribution in [0.5, 0.6) is 0 Å². The van der Waals surface area contributed by atoms with Crippen LogP contribution in [0.1, 0.15) is 48.5 Å². The third-order valence-corrected chi connectivity index (χ3v) is 7.39. The molecule has 1 heterocycles. The molecule has 0 bridgehead atoms. The number of carbonyl (C=O) groups is 3. The minimum absolute atomic E-state index is 0.115. The molecule has 216 valence electrons. The topological polar surface area (TPSA) is 99.2 Å². The molecule has 4 rings (SSSR count). The van der Waals surface area contributed by atoms with Gasteiger partial charge in [-0.1, -0.05) is 48.0 Å². The van der Waals surface area contributed by atoms with Crippen molar-refractivity contribution in [3.8, 4) is 11.1 Å². The highest BCUT2D eigenvalue weighted by molar-refractivity contribution is 6.30. The molecular weight excluding hydrogens is 542 g/mol. The van der Waals surface area contributed by atoms with Gasteiger partial charge >= 0.3 is 11.9 Å². The molecule has 1 aliphatic rings. The highest BCUT2D eigenvalue weighted by Crippen LogP contribution is 2.30. The van der Waals surface area contributed by atoms with Gasteiger partial charge in [-0.05, 0) is 66.8 Å². The Morgan fingerprint density at radius 3 is 2.34 bits per heavy atom. The number of esters is 1. The number of halogens is 1. The van der Waals surface area contributed by atoms with Gasteiger partial charge in [0, 0.05) is 50.6 Å². The van der Waals surface area contributed by atoms with Gasteiger partial charge in [-0.15, -0.1) is 0 Å². The number of nitrogens with zero attached hydrogens (tertiary/aromatic N) is 2. The first-order valence-corrected chi connectivity index (χ1v) is 14.4. The zero-order valence-corrected chi connectivity index (χ0v) is 24.0. The van der Waals surface area contributed by atoms with Crippen molar-refractivity contribution in [2.45, 2.75) is 39.2 Å². The number of ether oxygens (including phenoxy) is 1. The Morgan fingerprint density at radius 2 is 1.63 bits per heavy atom. The Bertz CT molecular complexity index is 1350. The number of carboxylic acids is 1. The molecule has 9 heteroatoms. The van der Waals surface area contributed by atoms with Crippen molar-refractivity contribution in [2.75, 3.05) is 43.0 Å². The average molecular weight is 578 g/mol. The molecule has 3 aromatic carbocycles. The fourth-order valence-electron chi connectivity index (χ4n) is 5.00. The first-order valence-electron chi connectivity index (χ1n) is 14.0. The van der Waals surface area contributed by atoms with Gasteiger partial charge < -0.3 is 20.1 Å². The lowest BCUT2D eigenvalue weighted by molar-refractivity contribution is -0.143. The van der Waals surface area contributed by atoms with Crippen molar-refractivity contribution in [2.24, 2.45) is 0 Å². The van der Waals surface area contributed by atoms with E-state index in [1.807, 2.05) is 30.3 Å². The Kier molecular flexibility index (Phi) is 10.8. The van der Waals surface area contributed by atoms with E-state index in [-0.39, 0.29) is 30.3 Å². The summed E-state index contributed by atoms with van der Waals surface area (Å²) in [4.78, 5) is 40.5. The third kappa shape index (κ3) is 8.55. The molecular formula is C32H36ClN3O5. The van der Waals surface area contributed by atoms with E-state index in [0.29, 0.717) is 30.2 Å². The number of anilines is 2. The molecule has 1 saturated heterocycles. The van der Waals surface area contributed by atoms with Gasteiger partial charge in [-0.2, -0.15) is 0 Å². The van der Waals surface area contributed by atoms with Crippen molar-refractivity contribution < 1.29 is 24.2 Å². The number of hydrogen-bond acceptors (Lipinski definition) is 6. The van der Waals surface area contributed by atoms with E-state index in [9.17, 15) is 19.5 Å². The van der Waals surface area contributed by atoms with E-state index >= 15 is 0 Å².